The van der Waals surface area contributed by atoms with E-state index in [9.17, 15) is 14.7 Å². The van der Waals surface area contributed by atoms with Crippen molar-refractivity contribution in [3.8, 4) is 5.75 Å². The number of fused-ring (bicyclic) bond motifs is 1. The number of rotatable bonds is 8. The molecule has 1 atom stereocenters. The maximum absolute atomic E-state index is 12.6. The molecule has 11 heteroatoms. The standard InChI is InChI=1S/C22H21ClN6O4/c1-28-19-18(20(31)26-22(28)32)29(12-16(30)13-33-17-9-7-15(23)8-10-17)21(25-19)27-24-11-14-5-3-2-4-6-14/h2-11,16,30H,12-13H2,1H3,(H,25,27)(H,26,31,32)/b24-11-/t16-/m1/s1. The van der Waals surface area contributed by atoms with Crippen LogP contribution < -0.4 is 21.4 Å². The van der Waals surface area contributed by atoms with Gasteiger partial charge in [-0.25, -0.2) is 10.2 Å². The first-order chi connectivity index (χ1) is 15.9. The maximum atomic E-state index is 12.6. The Kier molecular flexibility index (Phi) is 6.57. The van der Waals surface area contributed by atoms with Crippen LogP contribution in [0.3, 0.4) is 0 Å². The quantitative estimate of drug-likeness (QED) is 0.268. The summed E-state index contributed by atoms with van der Waals surface area (Å²) in [6.45, 7) is -0.0771. The molecular weight excluding hydrogens is 448 g/mol. The summed E-state index contributed by atoms with van der Waals surface area (Å²) < 4.78 is 8.28. The monoisotopic (exact) mass is 468 g/mol. The van der Waals surface area contributed by atoms with E-state index in [1.165, 1.54) is 16.2 Å². The molecule has 0 spiro atoms. The lowest BCUT2D eigenvalue weighted by atomic mass is 10.2. The number of hydrogen-bond donors (Lipinski definition) is 3. The van der Waals surface area contributed by atoms with Crippen molar-refractivity contribution in [3.05, 3.63) is 86.0 Å². The average Bonchev–Trinajstić information content (AvgIpc) is 3.16. The van der Waals surface area contributed by atoms with Crippen LogP contribution in [-0.2, 0) is 13.6 Å². The number of aromatic amines is 1. The average molecular weight is 469 g/mol. The molecule has 0 amide bonds. The lowest BCUT2D eigenvalue weighted by molar-refractivity contribution is 0.0938. The number of hydrogen-bond acceptors (Lipinski definition) is 7. The zero-order valence-electron chi connectivity index (χ0n) is 17.6. The predicted octanol–water partition coefficient (Wildman–Crippen LogP) is 1.96. The Labute approximate surface area is 192 Å². The Hall–Kier alpha value is -3.89. The lowest BCUT2D eigenvalue weighted by Gasteiger charge is -2.15. The van der Waals surface area contributed by atoms with Crippen LogP contribution in [0.1, 0.15) is 5.56 Å². The van der Waals surface area contributed by atoms with Crippen molar-refractivity contribution in [1.29, 1.82) is 0 Å². The minimum atomic E-state index is -0.992. The molecule has 2 heterocycles. The van der Waals surface area contributed by atoms with Crippen LogP contribution in [0.2, 0.25) is 5.02 Å². The topological polar surface area (TPSA) is 127 Å². The number of imidazole rings is 1. The van der Waals surface area contributed by atoms with E-state index < -0.39 is 17.4 Å². The van der Waals surface area contributed by atoms with Gasteiger partial charge in [-0.3, -0.25) is 14.3 Å². The molecule has 10 nitrogen and oxygen atoms in total. The molecule has 0 saturated heterocycles. The molecule has 3 N–H and O–H groups in total. The molecule has 2 aromatic carbocycles. The summed E-state index contributed by atoms with van der Waals surface area (Å²) >= 11 is 5.87. The molecule has 0 aliphatic heterocycles. The number of anilines is 1. The first-order valence-electron chi connectivity index (χ1n) is 10.0. The zero-order chi connectivity index (χ0) is 23.4. The normalized spacial score (nSPS) is 12.3. The Morgan fingerprint density at radius 1 is 1.21 bits per heavy atom. The van der Waals surface area contributed by atoms with Crippen LogP contribution >= 0.6 is 11.6 Å². The Morgan fingerprint density at radius 2 is 1.94 bits per heavy atom. The van der Waals surface area contributed by atoms with Crippen molar-refractivity contribution < 1.29 is 9.84 Å². The van der Waals surface area contributed by atoms with Crippen LogP contribution in [0, 0.1) is 0 Å². The Morgan fingerprint density at radius 3 is 2.67 bits per heavy atom. The van der Waals surface area contributed by atoms with Gasteiger partial charge in [-0.2, -0.15) is 10.1 Å². The molecular formula is C22H21ClN6O4. The van der Waals surface area contributed by atoms with E-state index in [4.69, 9.17) is 16.3 Å². The third-order valence-corrected chi connectivity index (χ3v) is 5.09. The smallest absolute Gasteiger partial charge is 0.329 e. The molecule has 2 aromatic heterocycles. The number of aliphatic hydroxyl groups is 1. The third kappa shape index (κ3) is 5.13. The molecule has 33 heavy (non-hydrogen) atoms. The third-order valence-electron chi connectivity index (χ3n) is 4.83. The maximum Gasteiger partial charge on any atom is 0.329 e. The fourth-order valence-electron chi connectivity index (χ4n) is 3.19. The minimum absolute atomic E-state index is 0.0332. The molecule has 170 valence electrons. The molecule has 0 unspecified atom stereocenters. The first kappa shape index (κ1) is 22.3. The largest absolute Gasteiger partial charge is 0.491 e. The van der Waals surface area contributed by atoms with Crippen molar-refractivity contribution >= 4 is 34.9 Å². The van der Waals surface area contributed by atoms with Gasteiger partial charge < -0.3 is 14.4 Å². The molecule has 4 aromatic rings. The number of aryl methyl sites for hydroxylation is 1. The summed E-state index contributed by atoms with van der Waals surface area (Å²) in [6.07, 6.45) is 0.598. The van der Waals surface area contributed by atoms with Gasteiger partial charge in [0, 0.05) is 12.1 Å². The van der Waals surface area contributed by atoms with Crippen LogP contribution in [-0.4, -0.2) is 43.1 Å². The number of H-pyrrole nitrogens is 1. The van der Waals surface area contributed by atoms with Gasteiger partial charge in [0.25, 0.3) is 5.56 Å². The summed E-state index contributed by atoms with van der Waals surface area (Å²) in [5, 5.41) is 15.3. The van der Waals surface area contributed by atoms with Gasteiger partial charge >= 0.3 is 5.69 Å². The van der Waals surface area contributed by atoms with Crippen LogP contribution in [0.25, 0.3) is 11.2 Å². The Bertz CT molecular complexity index is 1390. The van der Waals surface area contributed by atoms with Gasteiger partial charge in [-0.1, -0.05) is 41.9 Å². The van der Waals surface area contributed by atoms with E-state index in [1.807, 2.05) is 30.3 Å². The molecule has 0 bridgehead atoms. The molecule has 0 saturated carbocycles. The lowest BCUT2D eigenvalue weighted by Crippen LogP contribution is -2.30. The van der Waals surface area contributed by atoms with Crippen molar-refractivity contribution in [2.45, 2.75) is 12.6 Å². The van der Waals surface area contributed by atoms with Crippen LogP contribution in [0.4, 0.5) is 5.95 Å². The van der Waals surface area contributed by atoms with Crippen LogP contribution in [0.15, 0.2) is 69.3 Å². The van der Waals surface area contributed by atoms with Crippen molar-refractivity contribution in [2.75, 3.05) is 12.0 Å². The number of nitrogens with zero attached hydrogens (tertiary/aromatic N) is 4. The Balaban J connectivity index is 1.61. The number of nitrogens with one attached hydrogen (secondary N) is 2. The van der Waals surface area contributed by atoms with E-state index in [1.54, 1.807) is 30.5 Å². The second-order valence-electron chi connectivity index (χ2n) is 7.24. The number of aliphatic hydroxyl groups excluding tert-OH is 1. The number of aromatic nitrogens is 4. The molecule has 0 fully saturated rings. The van der Waals surface area contributed by atoms with Gasteiger partial charge in [-0.05, 0) is 29.8 Å². The number of hydrazone groups is 1. The van der Waals surface area contributed by atoms with Crippen LogP contribution in [0.5, 0.6) is 5.75 Å². The number of halogens is 1. The molecule has 4 rings (SSSR count). The second-order valence-corrected chi connectivity index (χ2v) is 7.67. The molecule has 0 radical (unpaired) electrons. The highest BCUT2D eigenvalue weighted by Gasteiger charge is 2.20. The van der Waals surface area contributed by atoms with Gasteiger partial charge in [0.2, 0.25) is 5.95 Å². The first-order valence-corrected chi connectivity index (χ1v) is 10.4. The summed E-state index contributed by atoms with van der Waals surface area (Å²) in [4.78, 5) is 31.2. The van der Waals surface area contributed by atoms with E-state index in [0.29, 0.717) is 10.8 Å². The van der Waals surface area contributed by atoms with Gasteiger partial charge in [-0.15, -0.1) is 0 Å². The molecule has 0 aliphatic rings. The van der Waals surface area contributed by atoms with Gasteiger partial charge in [0.05, 0.1) is 12.8 Å². The fraction of sp³-hybridized carbons (Fsp3) is 0.182. The van der Waals surface area contributed by atoms with Gasteiger partial charge in [0.15, 0.2) is 11.2 Å². The summed E-state index contributed by atoms with van der Waals surface area (Å²) in [6, 6.07) is 16.1. The van der Waals surface area contributed by atoms with Crippen molar-refractivity contribution in [1.82, 2.24) is 19.1 Å². The highest BCUT2D eigenvalue weighted by molar-refractivity contribution is 6.30. The molecule has 0 aliphatic carbocycles. The SMILES string of the molecule is Cn1c(=O)[nH]c(=O)c2c1nc(N/N=C\c1ccccc1)n2C[C@@H](O)COc1ccc(Cl)cc1. The fourth-order valence-corrected chi connectivity index (χ4v) is 3.31. The van der Waals surface area contributed by atoms with Crippen molar-refractivity contribution in [3.63, 3.8) is 0 Å². The second kappa shape index (κ2) is 9.72. The van der Waals surface area contributed by atoms with E-state index in [2.05, 4.69) is 20.5 Å². The number of ether oxygens (including phenoxy) is 1. The van der Waals surface area contributed by atoms with E-state index in [0.717, 1.165) is 5.56 Å². The summed E-state index contributed by atoms with van der Waals surface area (Å²) in [5.74, 6) is 0.731. The highest BCUT2D eigenvalue weighted by atomic mass is 35.5. The van der Waals surface area contributed by atoms with E-state index >= 15 is 0 Å². The highest BCUT2D eigenvalue weighted by Crippen LogP contribution is 2.18. The minimum Gasteiger partial charge on any atom is -0.491 e. The summed E-state index contributed by atoms with van der Waals surface area (Å²) in [7, 11) is 1.50. The summed E-state index contributed by atoms with van der Waals surface area (Å²) in [5.41, 5.74) is 2.72. The number of benzene rings is 2. The van der Waals surface area contributed by atoms with Crippen molar-refractivity contribution in [2.24, 2.45) is 12.1 Å². The zero-order valence-corrected chi connectivity index (χ0v) is 18.4. The van der Waals surface area contributed by atoms with Gasteiger partial charge in [0.1, 0.15) is 18.5 Å². The van der Waals surface area contributed by atoms with E-state index in [-0.39, 0.29) is 30.3 Å². The predicted molar refractivity (Wildman–Crippen MR) is 126 cm³/mol.